The first-order valence-corrected chi connectivity index (χ1v) is 8.18. The molecule has 0 spiro atoms. The third kappa shape index (κ3) is 3.62. The summed E-state index contributed by atoms with van der Waals surface area (Å²) < 4.78 is 0. The first-order valence-electron chi connectivity index (χ1n) is 8.18. The summed E-state index contributed by atoms with van der Waals surface area (Å²) in [6, 6.07) is 3.28. The average Bonchev–Trinajstić information content (AvgIpc) is 2.92. The minimum Gasteiger partial charge on any atom is -0.367 e. The fourth-order valence-corrected chi connectivity index (χ4v) is 3.45. The quantitative estimate of drug-likeness (QED) is 0.874. The summed E-state index contributed by atoms with van der Waals surface area (Å²) in [5.41, 5.74) is 0. The fourth-order valence-electron chi connectivity index (χ4n) is 3.45. The van der Waals surface area contributed by atoms with Crippen molar-refractivity contribution in [1.82, 2.24) is 9.97 Å². The van der Waals surface area contributed by atoms with Crippen LogP contribution in [0.5, 0.6) is 0 Å². The maximum absolute atomic E-state index is 4.54. The molecule has 0 radical (unpaired) electrons. The van der Waals surface area contributed by atoms with Gasteiger partial charge in [0.2, 0.25) is 0 Å². The van der Waals surface area contributed by atoms with Crippen molar-refractivity contribution in [3.63, 3.8) is 0 Å². The van der Waals surface area contributed by atoms with E-state index in [1.165, 1.54) is 57.8 Å². The Bertz CT molecular complexity index is 434. The van der Waals surface area contributed by atoms with Crippen molar-refractivity contribution in [2.24, 2.45) is 0 Å². The lowest BCUT2D eigenvalue weighted by molar-refractivity contribution is 0.461. The van der Waals surface area contributed by atoms with E-state index in [2.05, 4.69) is 26.7 Å². The topological polar surface area (TPSA) is 49.8 Å². The Labute approximate surface area is 121 Å². The van der Waals surface area contributed by atoms with Crippen LogP contribution >= 0.6 is 0 Å². The predicted molar refractivity (Wildman–Crippen MR) is 83.1 cm³/mol. The fraction of sp³-hybridized carbons (Fsp3) is 0.750. The van der Waals surface area contributed by atoms with E-state index in [1.54, 1.807) is 0 Å². The molecule has 2 N–H and O–H groups in total. The zero-order valence-corrected chi connectivity index (χ0v) is 12.5. The van der Waals surface area contributed by atoms with Crippen molar-refractivity contribution in [2.45, 2.75) is 76.8 Å². The number of hydrogen-bond donors (Lipinski definition) is 2. The van der Waals surface area contributed by atoms with Crippen LogP contribution in [-0.2, 0) is 0 Å². The zero-order valence-electron chi connectivity index (χ0n) is 12.5. The van der Waals surface area contributed by atoms with Crippen molar-refractivity contribution in [3.8, 4) is 0 Å². The molecule has 20 heavy (non-hydrogen) atoms. The first-order chi connectivity index (χ1) is 9.79. The molecule has 2 aliphatic rings. The molecule has 0 aromatic carbocycles. The van der Waals surface area contributed by atoms with E-state index in [1.807, 2.05) is 6.92 Å². The maximum atomic E-state index is 4.54. The molecule has 0 amide bonds. The summed E-state index contributed by atoms with van der Waals surface area (Å²) in [7, 11) is 0. The number of anilines is 2. The molecule has 2 aliphatic carbocycles. The van der Waals surface area contributed by atoms with E-state index in [-0.39, 0.29) is 0 Å². The molecule has 0 bridgehead atoms. The van der Waals surface area contributed by atoms with Gasteiger partial charge in [0.05, 0.1) is 0 Å². The number of hydrogen-bond acceptors (Lipinski definition) is 4. The van der Waals surface area contributed by atoms with Gasteiger partial charge in [-0.1, -0.05) is 32.1 Å². The van der Waals surface area contributed by atoms with Crippen LogP contribution in [0.25, 0.3) is 0 Å². The number of nitrogens with zero attached hydrogens (tertiary/aromatic N) is 2. The van der Waals surface area contributed by atoms with Gasteiger partial charge in [0, 0.05) is 18.2 Å². The second-order valence-corrected chi connectivity index (χ2v) is 6.29. The largest absolute Gasteiger partial charge is 0.367 e. The zero-order chi connectivity index (χ0) is 13.8. The number of nitrogens with one attached hydrogen (secondary N) is 2. The molecule has 4 heteroatoms. The van der Waals surface area contributed by atoms with Crippen molar-refractivity contribution in [3.05, 3.63) is 11.9 Å². The van der Waals surface area contributed by atoms with Gasteiger partial charge in [-0.25, -0.2) is 9.97 Å². The van der Waals surface area contributed by atoms with Crippen molar-refractivity contribution in [2.75, 3.05) is 10.6 Å². The third-order valence-electron chi connectivity index (χ3n) is 4.50. The number of aryl methyl sites for hydroxylation is 1. The van der Waals surface area contributed by atoms with Crippen molar-refractivity contribution < 1.29 is 0 Å². The minimum atomic E-state index is 0.595. The van der Waals surface area contributed by atoms with Gasteiger partial charge in [-0.05, 0) is 32.6 Å². The molecule has 1 heterocycles. The molecule has 0 unspecified atom stereocenters. The second kappa shape index (κ2) is 6.42. The van der Waals surface area contributed by atoms with Gasteiger partial charge in [-0.15, -0.1) is 0 Å². The molecular formula is C16H26N4. The van der Waals surface area contributed by atoms with Crippen LogP contribution in [0.1, 0.15) is 63.6 Å². The maximum Gasteiger partial charge on any atom is 0.132 e. The normalized spacial score (nSPS) is 21.1. The highest BCUT2D eigenvalue weighted by molar-refractivity contribution is 5.48. The molecule has 0 atom stereocenters. The summed E-state index contributed by atoms with van der Waals surface area (Å²) in [5, 5.41) is 7.16. The van der Waals surface area contributed by atoms with E-state index >= 15 is 0 Å². The van der Waals surface area contributed by atoms with Crippen LogP contribution in [-0.4, -0.2) is 22.1 Å². The molecule has 1 aromatic rings. The molecule has 3 rings (SSSR count). The molecule has 2 fully saturated rings. The molecule has 2 saturated carbocycles. The van der Waals surface area contributed by atoms with E-state index in [0.29, 0.717) is 12.1 Å². The Morgan fingerprint density at radius 2 is 1.25 bits per heavy atom. The Hall–Kier alpha value is -1.32. The SMILES string of the molecule is Cc1nc(NC2CCCCC2)cc(NC2CCCC2)n1. The third-order valence-corrected chi connectivity index (χ3v) is 4.50. The molecule has 1 aromatic heterocycles. The number of rotatable bonds is 4. The molecule has 0 saturated heterocycles. The highest BCUT2D eigenvalue weighted by Gasteiger charge is 2.17. The van der Waals surface area contributed by atoms with Crippen LogP contribution in [0, 0.1) is 6.92 Å². The summed E-state index contributed by atoms with van der Waals surface area (Å²) in [4.78, 5) is 9.07. The monoisotopic (exact) mass is 274 g/mol. The predicted octanol–water partition coefficient (Wildman–Crippen LogP) is 3.88. The highest BCUT2D eigenvalue weighted by atomic mass is 15.1. The van der Waals surface area contributed by atoms with Gasteiger partial charge >= 0.3 is 0 Å². The van der Waals surface area contributed by atoms with E-state index in [0.717, 1.165) is 17.5 Å². The van der Waals surface area contributed by atoms with E-state index in [9.17, 15) is 0 Å². The Morgan fingerprint density at radius 1 is 0.800 bits per heavy atom. The smallest absolute Gasteiger partial charge is 0.132 e. The van der Waals surface area contributed by atoms with Gasteiger partial charge in [0.1, 0.15) is 17.5 Å². The Kier molecular flexibility index (Phi) is 4.38. The van der Waals surface area contributed by atoms with Crippen LogP contribution in [0.3, 0.4) is 0 Å². The van der Waals surface area contributed by atoms with Gasteiger partial charge in [-0.3, -0.25) is 0 Å². The lowest BCUT2D eigenvalue weighted by Gasteiger charge is -2.23. The van der Waals surface area contributed by atoms with Crippen molar-refractivity contribution >= 4 is 11.6 Å². The van der Waals surface area contributed by atoms with Gasteiger partial charge in [-0.2, -0.15) is 0 Å². The lowest BCUT2D eigenvalue weighted by Crippen LogP contribution is -2.23. The van der Waals surface area contributed by atoms with Crippen molar-refractivity contribution in [1.29, 1.82) is 0 Å². The van der Waals surface area contributed by atoms with Crippen LogP contribution in [0.15, 0.2) is 6.07 Å². The molecule has 0 aliphatic heterocycles. The number of aromatic nitrogens is 2. The molecule has 4 nitrogen and oxygen atoms in total. The summed E-state index contributed by atoms with van der Waals surface area (Å²) in [5.74, 6) is 2.83. The van der Waals surface area contributed by atoms with Crippen LogP contribution in [0.4, 0.5) is 11.6 Å². The first kappa shape index (κ1) is 13.7. The molecular weight excluding hydrogens is 248 g/mol. The Morgan fingerprint density at radius 3 is 1.75 bits per heavy atom. The molecule has 110 valence electrons. The van der Waals surface area contributed by atoms with Gasteiger partial charge in [0.15, 0.2) is 0 Å². The standard InChI is InChI=1S/C16H26N4/c1-12-17-15(19-13-7-3-2-4-8-13)11-16(18-12)20-14-9-5-6-10-14/h11,13-14H,2-10H2,1H3,(H2,17,18,19,20). The minimum absolute atomic E-state index is 0.595. The van der Waals surface area contributed by atoms with E-state index < -0.39 is 0 Å². The van der Waals surface area contributed by atoms with E-state index in [4.69, 9.17) is 0 Å². The summed E-state index contributed by atoms with van der Waals surface area (Å²) >= 11 is 0. The summed E-state index contributed by atoms with van der Waals surface area (Å²) in [6.45, 7) is 1.98. The second-order valence-electron chi connectivity index (χ2n) is 6.29. The average molecular weight is 274 g/mol. The van der Waals surface area contributed by atoms with Gasteiger partial charge in [0.25, 0.3) is 0 Å². The highest BCUT2D eigenvalue weighted by Crippen LogP contribution is 2.24. The Balaban J connectivity index is 1.65. The van der Waals surface area contributed by atoms with Crippen LogP contribution in [0.2, 0.25) is 0 Å². The van der Waals surface area contributed by atoms with Crippen LogP contribution < -0.4 is 10.6 Å². The lowest BCUT2D eigenvalue weighted by atomic mass is 9.95. The van der Waals surface area contributed by atoms with Gasteiger partial charge < -0.3 is 10.6 Å². The summed E-state index contributed by atoms with van der Waals surface area (Å²) in [6.07, 6.45) is 11.8.